The van der Waals surface area contributed by atoms with Crippen molar-refractivity contribution in [2.75, 3.05) is 32.1 Å². The van der Waals surface area contributed by atoms with Gasteiger partial charge in [0.05, 0.1) is 0 Å². The number of nitrogens with zero attached hydrogens (tertiary/aromatic N) is 4. The summed E-state index contributed by atoms with van der Waals surface area (Å²) in [6.45, 7) is 1.61. The van der Waals surface area contributed by atoms with Gasteiger partial charge in [0.25, 0.3) is 15.9 Å². The van der Waals surface area contributed by atoms with Gasteiger partial charge in [0.2, 0.25) is 16.7 Å². The average Bonchev–Trinajstić information content (AvgIpc) is 3.25. The maximum absolute atomic E-state index is 12.0. The Hall–Kier alpha value is -2.31. The number of anilines is 1. The Morgan fingerprint density at radius 1 is 1.26 bits per heavy atom. The Labute approximate surface area is 134 Å². The second-order valence-corrected chi connectivity index (χ2v) is 7.47. The highest BCUT2D eigenvalue weighted by Gasteiger charge is 2.26. The third kappa shape index (κ3) is 2.71. The summed E-state index contributed by atoms with van der Waals surface area (Å²) in [5, 5.41) is 9.02. The Morgan fingerprint density at radius 3 is 2.57 bits per heavy atom. The predicted molar refractivity (Wildman–Crippen MR) is 81.2 cm³/mol. The van der Waals surface area contributed by atoms with Crippen molar-refractivity contribution >= 4 is 15.9 Å². The molecule has 0 radical (unpaired) electrons. The van der Waals surface area contributed by atoms with Gasteiger partial charge in [-0.3, -0.25) is 0 Å². The normalized spacial score (nSPS) is 15.3. The number of hydrogen-bond donors (Lipinski definition) is 0. The minimum Gasteiger partial charge on any atom is -0.438 e. The van der Waals surface area contributed by atoms with Crippen LogP contribution >= 0.6 is 0 Å². The minimum absolute atomic E-state index is 0.101. The van der Waals surface area contributed by atoms with Crippen LogP contribution in [0.1, 0.15) is 18.5 Å². The van der Waals surface area contributed by atoms with Gasteiger partial charge in [0.15, 0.2) is 5.76 Å². The van der Waals surface area contributed by atoms with Gasteiger partial charge in [-0.2, -0.15) is 10.2 Å². The van der Waals surface area contributed by atoms with Gasteiger partial charge in [-0.25, -0.2) is 12.7 Å². The molecular weight excluding hydrogens is 320 g/mol. The van der Waals surface area contributed by atoms with E-state index in [2.05, 4.69) is 4.98 Å². The number of aromatic nitrogens is 1. The topological polar surface area (TPSA) is 104 Å². The van der Waals surface area contributed by atoms with Crippen LogP contribution in [-0.2, 0) is 10.0 Å². The highest BCUT2D eigenvalue weighted by atomic mass is 32.2. The highest BCUT2D eigenvalue weighted by molar-refractivity contribution is 7.88. The van der Waals surface area contributed by atoms with E-state index in [1.807, 2.05) is 11.0 Å². The van der Waals surface area contributed by atoms with E-state index in [-0.39, 0.29) is 22.4 Å². The smallest absolute Gasteiger partial charge is 0.275 e. The van der Waals surface area contributed by atoms with E-state index >= 15 is 0 Å². The highest BCUT2D eigenvalue weighted by Crippen LogP contribution is 2.32. The van der Waals surface area contributed by atoms with E-state index in [1.165, 1.54) is 26.2 Å². The second kappa shape index (κ2) is 5.72. The summed E-state index contributed by atoms with van der Waals surface area (Å²) in [4.78, 5) is 6.07. The minimum atomic E-state index is -3.67. The van der Waals surface area contributed by atoms with Gasteiger partial charge in [-0.1, -0.05) is 0 Å². The summed E-state index contributed by atoms with van der Waals surface area (Å²) in [6, 6.07) is 4.82. The third-order valence-corrected chi connectivity index (χ3v) is 5.32. The molecule has 2 aromatic heterocycles. The van der Waals surface area contributed by atoms with Crippen molar-refractivity contribution in [1.29, 1.82) is 5.26 Å². The molecule has 0 aliphatic carbocycles. The molecule has 0 bridgehead atoms. The summed E-state index contributed by atoms with van der Waals surface area (Å²) in [6.07, 6.45) is 2.07. The number of sulfonamides is 1. The monoisotopic (exact) mass is 336 g/mol. The van der Waals surface area contributed by atoms with Crippen molar-refractivity contribution in [2.45, 2.75) is 17.9 Å². The fourth-order valence-corrected chi connectivity index (χ4v) is 3.17. The summed E-state index contributed by atoms with van der Waals surface area (Å²) >= 11 is 0. The predicted octanol–water partition coefficient (Wildman–Crippen LogP) is 1.66. The van der Waals surface area contributed by atoms with Crippen molar-refractivity contribution in [3.05, 3.63) is 17.8 Å². The van der Waals surface area contributed by atoms with Crippen molar-refractivity contribution in [2.24, 2.45) is 0 Å². The van der Waals surface area contributed by atoms with Crippen LogP contribution in [0.5, 0.6) is 0 Å². The summed E-state index contributed by atoms with van der Waals surface area (Å²) < 4.78 is 36.1. The van der Waals surface area contributed by atoms with Crippen LogP contribution in [0.3, 0.4) is 0 Å². The molecular formula is C14H16N4O4S. The first-order chi connectivity index (χ1) is 10.9. The maximum Gasteiger partial charge on any atom is 0.275 e. The van der Waals surface area contributed by atoms with Gasteiger partial charge in [0, 0.05) is 27.2 Å². The molecule has 8 nitrogen and oxygen atoms in total. The van der Waals surface area contributed by atoms with E-state index in [4.69, 9.17) is 8.83 Å². The molecule has 3 heterocycles. The Morgan fingerprint density at radius 2 is 1.96 bits per heavy atom. The first-order valence-electron chi connectivity index (χ1n) is 7.12. The molecule has 9 heteroatoms. The molecule has 1 fully saturated rings. The molecule has 0 aromatic carbocycles. The van der Waals surface area contributed by atoms with Crippen molar-refractivity contribution in [3.8, 4) is 17.7 Å². The van der Waals surface area contributed by atoms with Gasteiger partial charge in [-0.15, -0.1) is 0 Å². The van der Waals surface area contributed by atoms with Crippen molar-refractivity contribution in [3.63, 3.8) is 0 Å². The molecule has 23 heavy (non-hydrogen) atoms. The van der Waals surface area contributed by atoms with Gasteiger partial charge in [-0.05, 0) is 25.0 Å². The maximum atomic E-state index is 12.0. The summed E-state index contributed by atoms with van der Waals surface area (Å²) in [5.74, 6) is 0.685. The van der Waals surface area contributed by atoms with Crippen LogP contribution in [-0.4, -0.2) is 44.9 Å². The molecule has 1 saturated heterocycles. The number of furan rings is 1. The quantitative estimate of drug-likeness (QED) is 0.836. The van der Waals surface area contributed by atoms with Crippen LogP contribution in [0.2, 0.25) is 0 Å². The number of oxazole rings is 1. The molecule has 122 valence electrons. The van der Waals surface area contributed by atoms with Crippen LogP contribution < -0.4 is 4.90 Å². The first-order valence-corrected chi connectivity index (χ1v) is 8.56. The van der Waals surface area contributed by atoms with Crippen LogP contribution in [0.4, 0.5) is 5.88 Å². The molecule has 0 N–H and O–H groups in total. The van der Waals surface area contributed by atoms with Crippen LogP contribution in [0.25, 0.3) is 11.7 Å². The fourth-order valence-electron chi connectivity index (χ4n) is 2.38. The molecule has 2 aromatic rings. The molecule has 0 amide bonds. The Bertz CT molecular complexity index is 854. The molecule has 0 saturated carbocycles. The first kappa shape index (κ1) is 15.6. The van der Waals surface area contributed by atoms with E-state index < -0.39 is 10.0 Å². The SMILES string of the molecule is CN(C)S(=O)(=O)c1ccc(-c2nc(C#N)c(N3CCCC3)o2)o1. The van der Waals surface area contributed by atoms with Crippen LogP contribution in [0, 0.1) is 11.3 Å². The molecule has 0 spiro atoms. The fraction of sp³-hybridized carbons (Fsp3) is 0.429. The Balaban J connectivity index is 1.97. The van der Waals surface area contributed by atoms with Crippen molar-refractivity contribution in [1.82, 2.24) is 9.29 Å². The lowest BCUT2D eigenvalue weighted by Crippen LogP contribution is -2.21. The van der Waals surface area contributed by atoms with Gasteiger partial charge < -0.3 is 13.7 Å². The molecule has 1 aliphatic rings. The summed E-state index contributed by atoms with van der Waals surface area (Å²) in [5.41, 5.74) is 0.176. The molecule has 1 aliphatic heterocycles. The van der Waals surface area contributed by atoms with Gasteiger partial charge in [0.1, 0.15) is 6.07 Å². The van der Waals surface area contributed by atoms with E-state index in [0.717, 1.165) is 30.2 Å². The third-order valence-electron chi connectivity index (χ3n) is 3.64. The number of rotatable bonds is 4. The number of hydrogen-bond acceptors (Lipinski definition) is 7. The largest absolute Gasteiger partial charge is 0.438 e. The average molecular weight is 336 g/mol. The van der Waals surface area contributed by atoms with Gasteiger partial charge >= 0.3 is 0 Å². The lowest BCUT2D eigenvalue weighted by Gasteiger charge is -2.12. The van der Waals surface area contributed by atoms with E-state index in [0.29, 0.717) is 5.88 Å². The van der Waals surface area contributed by atoms with E-state index in [1.54, 1.807) is 0 Å². The lowest BCUT2D eigenvalue weighted by molar-refractivity contribution is 0.422. The zero-order valence-corrected chi connectivity index (χ0v) is 13.6. The lowest BCUT2D eigenvalue weighted by atomic mass is 10.4. The second-order valence-electron chi connectivity index (χ2n) is 5.38. The molecule has 3 rings (SSSR count). The van der Waals surface area contributed by atoms with E-state index in [9.17, 15) is 13.7 Å². The zero-order valence-electron chi connectivity index (χ0n) is 12.8. The standard InChI is InChI=1S/C14H16N4O4S/c1-17(2)23(19,20)12-6-5-11(21-12)13-16-10(9-15)14(22-13)18-7-3-4-8-18/h5-6H,3-4,7-8H2,1-2H3. The van der Waals surface area contributed by atoms with Crippen LogP contribution in [0.15, 0.2) is 26.1 Å². The van der Waals surface area contributed by atoms with Crippen molar-refractivity contribution < 1.29 is 17.3 Å². The zero-order chi connectivity index (χ0) is 16.6. The molecule has 0 unspecified atom stereocenters. The Kier molecular flexibility index (Phi) is 3.87. The summed E-state index contributed by atoms with van der Waals surface area (Å²) in [7, 11) is -0.830. The number of nitriles is 1. The molecule has 0 atom stereocenters.